The molecule has 2 aromatic rings. The average molecular weight is 317 g/mol. The van der Waals surface area contributed by atoms with Crippen LogP contribution in [0.5, 0.6) is 5.75 Å². The van der Waals surface area contributed by atoms with Crippen LogP contribution in [-0.4, -0.2) is 20.5 Å². The molecule has 0 fully saturated rings. The predicted molar refractivity (Wildman–Crippen MR) is 73.5 cm³/mol. The Labute approximate surface area is 119 Å². The third kappa shape index (κ3) is 3.06. The number of methoxy groups -OCH3 is 1. The first-order chi connectivity index (χ1) is 9.44. The molecule has 108 valence electrons. The molecule has 2 rings (SSSR count). The van der Waals surface area contributed by atoms with Crippen LogP contribution < -0.4 is 15.2 Å². The van der Waals surface area contributed by atoms with Crippen molar-refractivity contribution in [3.63, 3.8) is 0 Å². The zero-order chi connectivity index (χ0) is 14.8. The first-order valence-corrected chi connectivity index (χ1v) is 7.81. The lowest BCUT2D eigenvalue weighted by Crippen LogP contribution is -2.23. The van der Waals surface area contributed by atoms with Gasteiger partial charge in [-0.25, -0.2) is 22.5 Å². The van der Waals surface area contributed by atoms with Gasteiger partial charge in [-0.3, -0.25) is 0 Å². The smallest absolute Gasteiger partial charge is 0.241 e. The van der Waals surface area contributed by atoms with E-state index in [0.717, 1.165) is 12.1 Å². The molecule has 1 aromatic heterocycles. The van der Waals surface area contributed by atoms with Gasteiger partial charge in [0.05, 0.1) is 24.2 Å². The number of nitrogens with one attached hydrogen (secondary N) is 1. The SMILES string of the molecule is COc1c(N)cc(S(=O)(=O)NCc2nccs2)cc1F. The summed E-state index contributed by atoms with van der Waals surface area (Å²) >= 11 is 1.31. The average Bonchev–Trinajstić information content (AvgIpc) is 2.89. The van der Waals surface area contributed by atoms with Crippen LogP contribution in [0.3, 0.4) is 0 Å². The molecule has 3 N–H and O–H groups in total. The second-order valence-corrected chi connectivity index (χ2v) is 6.52. The van der Waals surface area contributed by atoms with Crippen LogP contribution >= 0.6 is 11.3 Å². The highest BCUT2D eigenvalue weighted by Gasteiger charge is 2.19. The fraction of sp³-hybridized carbons (Fsp3) is 0.182. The Bertz CT molecular complexity index is 679. The number of nitrogens with two attached hydrogens (primary N) is 1. The van der Waals surface area contributed by atoms with Gasteiger partial charge in [-0.15, -0.1) is 11.3 Å². The number of rotatable bonds is 5. The number of nitrogens with zero attached hydrogens (tertiary/aromatic N) is 1. The molecule has 0 aliphatic carbocycles. The highest BCUT2D eigenvalue weighted by Crippen LogP contribution is 2.28. The van der Waals surface area contributed by atoms with Crippen LogP contribution in [0, 0.1) is 5.82 Å². The summed E-state index contributed by atoms with van der Waals surface area (Å²) in [7, 11) is -2.61. The highest BCUT2D eigenvalue weighted by atomic mass is 32.2. The lowest BCUT2D eigenvalue weighted by molar-refractivity contribution is 0.388. The minimum absolute atomic E-state index is 0.0353. The molecule has 9 heteroatoms. The molecule has 0 radical (unpaired) electrons. The minimum Gasteiger partial charge on any atom is -0.492 e. The Hall–Kier alpha value is -1.71. The molecule has 0 unspecified atom stereocenters. The number of halogens is 1. The zero-order valence-corrected chi connectivity index (χ0v) is 12.1. The summed E-state index contributed by atoms with van der Waals surface area (Å²) < 4.78 is 44.8. The molecule has 6 nitrogen and oxygen atoms in total. The van der Waals surface area contributed by atoms with E-state index in [-0.39, 0.29) is 22.9 Å². The molecule has 0 saturated carbocycles. The van der Waals surface area contributed by atoms with E-state index in [1.54, 1.807) is 11.6 Å². The third-order valence-electron chi connectivity index (χ3n) is 2.46. The van der Waals surface area contributed by atoms with Crippen molar-refractivity contribution >= 4 is 27.0 Å². The van der Waals surface area contributed by atoms with E-state index in [4.69, 9.17) is 10.5 Å². The molecular weight excluding hydrogens is 305 g/mol. The summed E-state index contributed by atoms with van der Waals surface area (Å²) in [4.78, 5) is 3.69. The first kappa shape index (κ1) is 14.7. The first-order valence-electron chi connectivity index (χ1n) is 5.45. The third-order valence-corrected chi connectivity index (χ3v) is 4.62. The maximum atomic E-state index is 13.6. The largest absolute Gasteiger partial charge is 0.492 e. The number of ether oxygens (including phenoxy) is 1. The maximum absolute atomic E-state index is 13.6. The molecule has 0 bridgehead atoms. The van der Waals surface area contributed by atoms with Crippen molar-refractivity contribution in [1.82, 2.24) is 9.71 Å². The monoisotopic (exact) mass is 317 g/mol. The van der Waals surface area contributed by atoms with Crippen molar-refractivity contribution in [2.75, 3.05) is 12.8 Å². The van der Waals surface area contributed by atoms with Crippen LogP contribution in [0.2, 0.25) is 0 Å². The Balaban J connectivity index is 2.25. The highest BCUT2D eigenvalue weighted by molar-refractivity contribution is 7.89. The van der Waals surface area contributed by atoms with Gasteiger partial charge in [0.15, 0.2) is 11.6 Å². The van der Waals surface area contributed by atoms with Crippen molar-refractivity contribution in [1.29, 1.82) is 0 Å². The Morgan fingerprint density at radius 2 is 2.25 bits per heavy atom. The molecule has 1 heterocycles. The van der Waals surface area contributed by atoms with Crippen molar-refractivity contribution in [2.24, 2.45) is 0 Å². The van der Waals surface area contributed by atoms with E-state index in [9.17, 15) is 12.8 Å². The van der Waals surface area contributed by atoms with E-state index >= 15 is 0 Å². The van der Waals surface area contributed by atoms with Crippen LogP contribution in [0.1, 0.15) is 5.01 Å². The predicted octanol–water partition coefficient (Wildman–Crippen LogP) is 1.35. The van der Waals surface area contributed by atoms with Gasteiger partial charge in [-0.1, -0.05) is 0 Å². The zero-order valence-electron chi connectivity index (χ0n) is 10.5. The number of nitrogen functional groups attached to an aromatic ring is 1. The van der Waals surface area contributed by atoms with E-state index in [1.165, 1.54) is 18.4 Å². The normalized spacial score (nSPS) is 11.5. The number of anilines is 1. The van der Waals surface area contributed by atoms with Crippen molar-refractivity contribution < 1.29 is 17.5 Å². The number of thiazole rings is 1. The Morgan fingerprint density at radius 1 is 1.50 bits per heavy atom. The molecule has 20 heavy (non-hydrogen) atoms. The van der Waals surface area contributed by atoms with Gasteiger partial charge in [0, 0.05) is 11.6 Å². The van der Waals surface area contributed by atoms with Crippen molar-refractivity contribution in [3.8, 4) is 5.75 Å². The number of benzene rings is 1. The number of hydrogen-bond donors (Lipinski definition) is 2. The molecular formula is C11H12FN3O3S2. The van der Waals surface area contributed by atoms with Crippen LogP contribution in [0.15, 0.2) is 28.6 Å². The maximum Gasteiger partial charge on any atom is 0.241 e. The standard InChI is InChI=1S/C11H12FN3O3S2/c1-18-11-8(12)4-7(5-9(11)13)20(16,17)15-6-10-14-2-3-19-10/h2-5,15H,6,13H2,1H3. The molecule has 0 atom stereocenters. The molecule has 0 amide bonds. The van der Waals surface area contributed by atoms with E-state index in [0.29, 0.717) is 5.01 Å². The molecule has 1 aromatic carbocycles. The number of aromatic nitrogens is 1. The Kier molecular flexibility index (Phi) is 4.21. The number of hydrogen-bond acceptors (Lipinski definition) is 6. The summed E-state index contributed by atoms with van der Waals surface area (Å²) in [6.45, 7) is 0.0353. The summed E-state index contributed by atoms with van der Waals surface area (Å²) in [5.41, 5.74) is 5.47. The fourth-order valence-corrected chi connectivity index (χ4v) is 3.22. The van der Waals surface area contributed by atoms with Gasteiger partial charge < -0.3 is 10.5 Å². The lowest BCUT2D eigenvalue weighted by atomic mass is 10.3. The van der Waals surface area contributed by atoms with Gasteiger partial charge in [-0.2, -0.15) is 0 Å². The van der Waals surface area contributed by atoms with Gasteiger partial charge in [-0.05, 0) is 12.1 Å². The second-order valence-electron chi connectivity index (χ2n) is 3.78. The van der Waals surface area contributed by atoms with Crippen molar-refractivity contribution in [2.45, 2.75) is 11.4 Å². The van der Waals surface area contributed by atoms with Crippen LogP contribution in [0.25, 0.3) is 0 Å². The fourth-order valence-electron chi connectivity index (χ4n) is 1.54. The molecule has 0 aliphatic heterocycles. The summed E-state index contributed by atoms with van der Waals surface area (Å²) in [6.07, 6.45) is 1.57. The van der Waals surface area contributed by atoms with Crippen LogP contribution in [0.4, 0.5) is 10.1 Å². The second kappa shape index (κ2) is 5.73. The quantitative estimate of drug-likeness (QED) is 0.812. The topological polar surface area (TPSA) is 94.3 Å². The molecule has 0 saturated heterocycles. The summed E-state index contributed by atoms with van der Waals surface area (Å²) in [5.74, 6) is -1.01. The lowest BCUT2D eigenvalue weighted by Gasteiger charge is -2.10. The Morgan fingerprint density at radius 3 is 2.80 bits per heavy atom. The van der Waals surface area contributed by atoms with E-state index < -0.39 is 15.8 Å². The van der Waals surface area contributed by atoms with E-state index in [1.807, 2.05) is 0 Å². The summed E-state index contributed by atoms with van der Waals surface area (Å²) in [6, 6.07) is 2.01. The van der Waals surface area contributed by atoms with Crippen molar-refractivity contribution in [3.05, 3.63) is 34.5 Å². The van der Waals surface area contributed by atoms with Gasteiger partial charge in [0.1, 0.15) is 5.01 Å². The van der Waals surface area contributed by atoms with Gasteiger partial charge >= 0.3 is 0 Å². The number of sulfonamides is 1. The van der Waals surface area contributed by atoms with Crippen LogP contribution in [-0.2, 0) is 16.6 Å². The molecule has 0 aliphatic rings. The minimum atomic E-state index is -3.87. The molecule has 0 spiro atoms. The van der Waals surface area contributed by atoms with Gasteiger partial charge in [0.2, 0.25) is 10.0 Å². The summed E-state index contributed by atoms with van der Waals surface area (Å²) in [5, 5.41) is 2.34. The van der Waals surface area contributed by atoms with E-state index in [2.05, 4.69) is 9.71 Å². The van der Waals surface area contributed by atoms with Gasteiger partial charge in [0.25, 0.3) is 0 Å².